The molecule has 0 radical (unpaired) electrons. The number of amides is 2. The monoisotopic (exact) mass is 361 g/mol. The van der Waals surface area contributed by atoms with Gasteiger partial charge in [0, 0.05) is 33.4 Å². The van der Waals surface area contributed by atoms with Crippen molar-refractivity contribution < 1.29 is 19.1 Å². The predicted octanol–water partition coefficient (Wildman–Crippen LogP) is 1.25. The van der Waals surface area contributed by atoms with Gasteiger partial charge >= 0.3 is 0 Å². The molecular weight excluding hydrogens is 334 g/mol. The number of carbonyl (C=O) groups excluding carboxylic acids is 2. The number of hydrogen-bond donors (Lipinski definition) is 2. The molecule has 26 heavy (non-hydrogen) atoms. The van der Waals surface area contributed by atoms with Crippen LogP contribution in [0.15, 0.2) is 24.3 Å². The number of ether oxygens (including phenoxy) is 2. The molecule has 2 aliphatic rings. The van der Waals surface area contributed by atoms with E-state index < -0.39 is 0 Å². The molecule has 0 aromatic heterocycles. The van der Waals surface area contributed by atoms with Crippen LogP contribution in [0.5, 0.6) is 0 Å². The van der Waals surface area contributed by atoms with E-state index in [2.05, 4.69) is 15.5 Å². The molecule has 7 nitrogen and oxygen atoms in total. The Morgan fingerprint density at radius 1 is 1.19 bits per heavy atom. The third-order valence-corrected chi connectivity index (χ3v) is 4.80. The lowest BCUT2D eigenvalue weighted by Gasteiger charge is -2.30. The van der Waals surface area contributed by atoms with Gasteiger partial charge in [0.2, 0.25) is 11.8 Å². The van der Waals surface area contributed by atoms with Crippen LogP contribution in [0.2, 0.25) is 0 Å². The maximum absolute atomic E-state index is 12.5. The minimum atomic E-state index is -0.241. The van der Waals surface area contributed by atoms with E-state index in [-0.39, 0.29) is 23.7 Å². The molecule has 0 spiro atoms. The normalized spacial score (nSPS) is 22.0. The molecule has 0 bridgehead atoms. The van der Waals surface area contributed by atoms with Crippen molar-refractivity contribution in [3.63, 3.8) is 0 Å². The Balaban J connectivity index is 1.52. The van der Waals surface area contributed by atoms with Gasteiger partial charge in [-0.05, 0) is 25.0 Å². The van der Waals surface area contributed by atoms with Crippen molar-refractivity contribution in [3.05, 3.63) is 24.3 Å². The van der Waals surface area contributed by atoms with Crippen LogP contribution in [-0.4, -0.2) is 58.4 Å². The minimum Gasteiger partial charge on any atom is -0.385 e. The molecule has 1 aromatic rings. The summed E-state index contributed by atoms with van der Waals surface area (Å²) in [5.41, 5.74) is 1.80. The molecule has 1 aromatic carbocycles. The topological polar surface area (TPSA) is 79.9 Å². The molecule has 1 aliphatic carbocycles. The number of benzene rings is 1. The first-order valence-electron chi connectivity index (χ1n) is 9.20. The van der Waals surface area contributed by atoms with Crippen molar-refractivity contribution in [1.29, 1.82) is 0 Å². The summed E-state index contributed by atoms with van der Waals surface area (Å²) < 4.78 is 10.4. The summed E-state index contributed by atoms with van der Waals surface area (Å²) in [6.07, 6.45) is 1.39. The first-order valence-corrected chi connectivity index (χ1v) is 9.20. The second-order valence-corrected chi connectivity index (χ2v) is 6.69. The molecule has 1 heterocycles. The maximum atomic E-state index is 12.5. The predicted molar refractivity (Wildman–Crippen MR) is 99.2 cm³/mol. The van der Waals surface area contributed by atoms with Gasteiger partial charge in [-0.25, -0.2) is 0 Å². The summed E-state index contributed by atoms with van der Waals surface area (Å²) in [5, 5.41) is 5.88. The fourth-order valence-corrected chi connectivity index (χ4v) is 3.22. The van der Waals surface area contributed by atoms with Gasteiger partial charge in [0.25, 0.3) is 0 Å². The van der Waals surface area contributed by atoms with Gasteiger partial charge in [0.1, 0.15) is 0 Å². The van der Waals surface area contributed by atoms with E-state index in [1.807, 2.05) is 24.3 Å². The van der Waals surface area contributed by atoms with Crippen LogP contribution in [0.3, 0.4) is 0 Å². The Kier molecular flexibility index (Phi) is 6.46. The summed E-state index contributed by atoms with van der Waals surface area (Å²) in [7, 11) is 1.64. The average molecular weight is 361 g/mol. The number of methoxy groups -OCH3 is 1. The zero-order valence-electron chi connectivity index (χ0n) is 15.2. The number of rotatable bonds is 8. The third kappa shape index (κ3) is 4.74. The maximum Gasteiger partial charge on any atom is 0.228 e. The van der Waals surface area contributed by atoms with Crippen molar-refractivity contribution in [2.45, 2.75) is 12.8 Å². The molecule has 7 heteroatoms. The van der Waals surface area contributed by atoms with Crippen molar-refractivity contribution in [1.82, 2.24) is 5.32 Å². The van der Waals surface area contributed by atoms with E-state index in [4.69, 9.17) is 9.47 Å². The van der Waals surface area contributed by atoms with Crippen LogP contribution in [-0.2, 0) is 19.1 Å². The Bertz CT molecular complexity index is 631. The first-order chi connectivity index (χ1) is 12.7. The zero-order valence-corrected chi connectivity index (χ0v) is 15.2. The quantitative estimate of drug-likeness (QED) is 0.681. The van der Waals surface area contributed by atoms with E-state index >= 15 is 0 Å². The molecule has 2 N–H and O–H groups in total. The molecule has 2 atom stereocenters. The first kappa shape index (κ1) is 18.7. The van der Waals surface area contributed by atoms with Crippen LogP contribution < -0.4 is 15.5 Å². The second-order valence-electron chi connectivity index (χ2n) is 6.69. The van der Waals surface area contributed by atoms with Gasteiger partial charge in [-0.1, -0.05) is 12.1 Å². The Morgan fingerprint density at radius 3 is 2.69 bits per heavy atom. The number of anilines is 2. The molecule has 1 saturated carbocycles. The van der Waals surface area contributed by atoms with Gasteiger partial charge in [0.05, 0.1) is 36.4 Å². The molecular formula is C19H27N3O4. The zero-order chi connectivity index (χ0) is 18.4. The van der Waals surface area contributed by atoms with Crippen LogP contribution in [0.25, 0.3) is 0 Å². The van der Waals surface area contributed by atoms with Crippen LogP contribution in [0.1, 0.15) is 12.8 Å². The van der Waals surface area contributed by atoms with Crippen molar-refractivity contribution in [3.8, 4) is 0 Å². The number of carbonyl (C=O) groups is 2. The molecule has 3 rings (SSSR count). The van der Waals surface area contributed by atoms with Crippen LogP contribution in [0, 0.1) is 11.8 Å². The summed E-state index contributed by atoms with van der Waals surface area (Å²) >= 11 is 0. The van der Waals surface area contributed by atoms with E-state index in [1.165, 1.54) is 0 Å². The Morgan fingerprint density at radius 2 is 1.92 bits per heavy atom. The van der Waals surface area contributed by atoms with Crippen molar-refractivity contribution in [2.24, 2.45) is 11.8 Å². The lowest BCUT2D eigenvalue weighted by atomic mass is 10.2. The number of morpholine rings is 1. The third-order valence-electron chi connectivity index (χ3n) is 4.80. The highest BCUT2D eigenvalue weighted by atomic mass is 16.5. The largest absolute Gasteiger partial charge is 0.385 e. The SMILES string of the molecule is COCCCNC(=O)C1CC1C(=O)Nc1ccccc1N1CCOCC1. The van der Waals surface area contributed by atoms with E-state index in [9.17, 15) is 9.59 Å². The van der Waals surface area contributed by atoms with Gasteiger partial charge < -0.3 is 25.0 Å². The Labute approximate surface area is 154 Å². The van der Waals surface area contributed by atoms with Crippen molar-refractivity contribution >= 4 is 23.2 Å². The summed E-state index contributed by atoms with van der Waals surface area (Å²) in [6, 6.07) is 7.79. The van der Waals surface area contributed by atoms with Gasteiger partial charge in [-0.3, -0.25) is 9.59 Å². The average Bonchev–Trinajstić information content (AvgIpc) is 3.47. The number of para-hydroxylation sites is 2. The van der Waals surface area contributed by atoms with Crippen molar-refractivity contribution in [2.75, 3.05) is 56.8 Å². The smallest absolute Gasteiger partial charge is 0.228 e. The van der Waals surface area contributed by atoms with Crippen LogP contribution in [0.4, 0.5) is 11.4 Å². The van der Waals surface area contributed by atoms with Crippen LogP contribution >= 0.6 is 0 Å². The van der Waals surface area contributed by atoms with Gasteiger partial charge in [0.15, 0.2) is 0 Å². The highest BCUT2D eigenvalue weighted by Crippen LogP contribution is 2.40. The van der Waals surface area contributed by atoms with Gasteiger partial charge in [-0.15, -0.1) is 0 Å². The molecule has 2 fully saturated rings. The number of nitrogens with one attached hydrogen (secondary N) is 2. The Hall–Kier alpha value is -2.12. The lowest BCUT2D eigenvalue weighted by molar-refractivity contribution is -0.125. The fraction of sp³-hybridized carbons (Fsp3) is 0.579. The molecule has 2 unspecified atom stereocenters. The molecule has 1 saturated heterocycles. The number of hydrogen-bond acceptors (Lipinski definition) is 5. The van der Waals surface area contributed by atoms with E-state index in [0.29, 0.717) is 32.8 Å². The molecule has 1 aliphatic heterocycles. The lowest BCUT2D eigenvalue weighted by Crippen LogP contribution is -2.36. The number of nitrogens with zero attached hydrogens (tertiary/aromatic N) is 1. The highest BCUT2D eigenvalue weighted by Gasteiger charge is 2.48. The second kappa shape index (κ2) is 9.00. The van der Waals surface area contributed by atoms with E-state index in [0.717, 1.165) is 30.9 Å². The van der Waals surface area contributed by atoms with Gasteiger partial charge in [-0.2, -0.15) is 0 Å². The minimum absolute atomic E-state index is 0.0392. The van der Waals surface area contributed by atoms with E-state index in [1.54, 1.807) is 7.11 Å². The standard InChI is InChI=1S/C19H27N3O4/c1-25-10-4-7-20-18(23)14-13-15(14)19(24)21-16-5-2-3-6-17(16)22-8-11-26-12-9-22/h2-3,5-6,14-15H,4,7-13H2,1H3,(H,20,23)(H,21,24). The fourth-order valence-electron chi connectivity index (χ4n) is 3.22. The summed E-state index contributed by atoms with van der Waals surface area (Å²) in [5.74, 6) is -0.575. The highest BCUT2D eigenvalue weighted by molar-refractivity contribution is 6.01. The molecule has 2 amide bonds. The summed E-state index contributed by atoms with van der Waals surface area (Å²) in [4.78, 5) is 26.9. The molecule has 142 valence electrons. The summed E-state index contributed by atoms with van der Waals surface area (Å²) in [6.45, 7) is 4.20.